The van der Waals surface area contributed by atoms with E-state index in [9.17, 15) is 9.59 Å². The molecule has 1 aromatic carbocycles. The van der Waals surface area contributed by atoms with Crippen molar-refractivity contribution in [1.29, 1.82) is 0 Å². The third kappa shape index (κ3) is 3.05. The zero-order valence-corrected chi connectivity index (χ0v) is 10.9. The van der Waals surface area contributed by atoms with Gasteiger partial charge in [-0.15, -0.1) is 0 Å². The number of carboxylic acids is 1. The Balaban J connectivity index is 1.87. The number of nitrogens with one attached hydrogen (secondary N) is 1. The molecule has 1 aromatic rings. The molecule has 1 aliphatic heterocycles. The molecule has 1 atom stereocenters. The van der Waals surface area contributed by atoms with Crippen molar-refractivity contribution in [3.05, 3.63) is 30.3 Å². The highest BCUT2D eigenvalue weighted by molar-refractivity contribution is 5.83. The molecular formula is C14H18N2O3. The first-order chi connectivity index (χ1) is 9.01. The fourth-order valence-corrected chi connectivity index (χ4v) is 2.19. The number of likely N-dealkylation sites (tertiary alicyclic amines) is 1. The fourth-order valence-electron chi connectivity index (χ4n) is 2.19. The van der Waals surface area contributed by atoms with Crippen molar-refractivity contribution in [2.75, 3.05) is 25.0 Å². The molecule has 0 saturated carbocycles. The molecule has 0 aromatic heterocycles. The number of benzene rings is 1. The average Bonchev–Trinajstić information content (AvgIpc) is 2.81. The van der Waals surface area contributed by atoms with Crippen molar-refractivity contribution in [3.8, 4) is 0 Å². The third-order valence-corrected chi connectivity index (χ3v) is 3.56. The molecule has 0 spiro atoms. The number of anilines is 1. The zero-order valence-electron chi connectivity index (χ0n) is 10.9. The maximum absolute atomic E-state index is 12.0. The first kappa shape index (κ1) is 13.4. The highest BCUT2D eigenvalue weighted by Gasteiger charge is 2.41. The molecule has 1 heterocycles. The van der Waals surface area contributed by atoms with E-state index in [1.165, 1.54) is 0 Å². The number of hydrogen-bond acceptors (Lipinski definition) is 3. The predicted molar refractivity (Wildman–Crippen MR) is 71.9 cm³/mol. The van der Waals surface area contributed by atoms with Crippen LogP contribution < -0.4 is 5.32 Å². The maximum atomic E-state index is 12.0. The van der Waals surface area contributed by atoms with Crippen LogP contribution in [0.15, 0.2) is 30.3 Å². The van der Waals surface area contributed by atoms with Gasteiger partial charge in [0.1, 0.15) is 0 Å². The fraction of sp³-hybridized carbons (Fsp3) is 0.429. The highest BCUT2D eigenvalue weighted by atomic mass is 16.4. The minimum atomic E-state index is -0.834. The summed E-state index contributed by atoms with van der Waals surface area (Å²) in [7, 11) is 0. The number of amides is 1. The van der Waals surface area contributed by atoms with Gasteiger partial charge in [-0.3, -0.25) is 9.59 Å². The summed E-state index contributed by atoms with van der Waals surface area (Å²) in [4.78, 5) is 24.7. The van der Waals surface area contributed by atoms with Crippen LogP contribution in [0.1, 0.15) is 13.3 Å². The van der Waals surface area contributed by atoms with Gasteiger partial charge < -0.3 is 15.3 Å². The van der Waals surface area contributed by atoms with Crippen LogP contribution in [0.2, 0.25) is 0 Å². The summed E-state index contributed by atoms with van der Waals surface area (Å²) in [5.74, 6) is -0.896. The Hall–Kier alpha value is -2.04. The standard InChI is InChI=1S/C14H18N2O3/c1-14(13(18)19)7-8-16(10-14)12(17)9-15-11-5-3-2-4-6-11/h2-6,15H,7-10H2,1H3,(H,18,19). The number of carboxylic acid groups (broad SMARTS) is 1. The second-order valence-corrected chi connectivity index (χ2v) is 5.15. The van der Waals surface area contributed by atoms with Crippen LogP contribution in [0, 0.1) is 5.41 Å². The minimum absolute atomic E-state index is 0.0613. The largest absolute Gasteiger partial charge is 0.481 e. The zero-order chi connectivity index (χ0) is 13.9. The molecule has 2 rings (SSSR count). The van der Waals surface area contributed by atoms with Gasteiger partial charge in [0.15, 0.2) is 0 Å². The van der Waals surface area contributed by atoms with Crippen LogP contribution in [-0.2, 0) is 9.59 Å². The van der Waals surface area contributed by atoms with Gasteiger partial charge in [-0.1, -0.05) is 18.2 Å². The second kappa shape index (κ2) is 5.30. The molecule has 1 aliphatic rings. The number of rotatable bonds is 4. The molecule has 1 unspecified atom stereocenters. The van der Waals surface area contributed by atoms with E-state index >= 15 is 0 Å². The summed E-state index contributed by atoms with van der Waals surface area (Å²) in [5.41, 5.74) is 0.0821. The van der Waals surface area contributed by atoms with E-state index in [0.29, 0.717) is 13.0 Å². The van der Waals surface area contributed by atoms with Crippen molar-refractivity contribution < 1.29 is 14.7 Å². The molecule has 0 aliphatic carbocycles. The van der Waals surface area contributed by atoms with Gasteiger partial charge >= 0.3 is 5.97 Å². The molecule has 1 saturated heterocycles. The van der Waals surface area contributed by atoms with Gasteiger partial charge in [0.05, 0.1) is 12.0 Å². The Bertz CT molecular complexity index is 475. The number of hydrogen-bond donors (Lipinski definition) is 2. The van der Waals surface area contributed by atoms with Crippen molar-refractivity contribution in [2.24, 2.45) is 5.41 Å². The normalized spacial score (nSPS) is 22.3. The molecular weight excluding hydrogens is 244 g/mol. The Kier molecular flexibility index (Phi) is 3.74. The summed E-state index contributed by atoms with van der Waals surface area (Å²) in [6.07, 6.45) is 0.513. The monoisotopic (exact) mass is 262 g/mol. The van der Waals surface area contributed by atoms with Crippen LogP contribution in [0.4, 0.5) is 5.69 Å². The third-order valence-electron chi connectivity index (χ3n) is 3.56. The van der Waals surface area contributed by atoms with Crippen molar-refractivity contribution in [3.63, 3.8) is 0 Å². The summed E-state index contributed by atoms with van der Waals surface area (Å²) in [6.45, 7) is 2.68. The quantitative estimate of drug-likeness (QED) is 0.861. The van der Waals surface area contributed by atoms with Crippen LogP contribution >= 0.6 is 0 Å². The average molecular weight is 262 g/mol. The van der Waals surface area contributed by atoms with Gasteiger partial charge in [-0.2, -0.15) is 0 Å². The molecule has 5 heteroatoms. The van der Waals surface area contributed by atoms with Crippen molar-refractivity contribution >= 4 is 17.6 Å². The molecule has 0 radical (unpaired) electrons. The Morgan fingerprint density at radius 3 is 2.63 bits per heavy atom. The summed E-state index contributed by atoms with van der Waals surface area (Å²) < 4.78 is 0. The van der Waals surface area contributed by atoms with E-state index in [-0.39, 0.29) is 19.0 Å². The topological polar surface area (TPSA) is 69.6 Å². The number of aliphatic carboxylic acids is 1. The molecule has 19 heavy (non-hydrogen) atoms. The van der Waals surface area contributed by atoms with Crippen molar-refractivity contribution in [1.82, 2.24) is 4.90 Å². The molecule has 1 fully saturated rings. The van der Waals surface area contributed by atoms with Crippen molar-refractivity contribution in [2.45, 2.75) is 13.3 Å². The summed E-state index contributed by atoms with van der Waals surface area (Å²) >= 11 is 0. The second-order valence-electron chi connectivity index (χ2n) is 5.15. The summed E-state index contributed by atoms with van der Waals surface area (Å²) in [5, 5.41) is 12.2. The maximum Gasteiger partial charge on any atom is 0.311 e. The number of carbonyl (C=O) groups is 2. The van der Waals surface area contributed by atoms with E-state index < -0.39 is 11.4 Å². The van der Waals surface area contributed by atoms with Gasteiger partial charge in [-0.05, 0) is 25.5 Å². The highest BCUT2D eigenvalue weighted by Crippen LogP contribution is 2.30. The minimum Gasteiger partial charge on any atom is -0.481 e. The first-order valence-electron chi connectivity index (χ1n) is 6.31. The predicted octanol–water partition coefficient (Wildman–Crippen LogP) is 1.42. The van der Waals surface area contributed by atoms with Gasteiger partial charge in [0, 0.05) is 18.8 Å². The van der Waals surface area contributed by atoms with Crippen LogP contribution in [0.5, 0.6) is 0 Å². The first-order valence-corrected chi connectivity index (χ1v) is 6.31. The Morgan fingerprint density at radius 2 is 2.05 bits per heavy atom. The van der Waals surface area contributed by atoms with E-state index in [1.807, 2.05) is 30.3 Å². The molecule has 5 nitrogen and oxygen atoms in total. The van der Waals surface area contributed by atoms with E-state index in [4.69, 9.17) is 5.11 Å². The van der Waals surface area contributed by atoms with E-state index in [0.717, 1.165) is 5.69 Å². The Labute approximate surface area is 112 Å². The SMILES string of the molecule is CC1(C(=O)O)CCN(C(=O)CNc2ccccc2)C1. The molecule has 102 valence electrons. The molecule has 0 bridgehead atoms. The number of para-hydroxylation sites is 1. The summed E-state index contributed by atoms with van der Waals surface area (Å²) in [6, 6.07) is 9.47. The molecule has 2 N–H and O–H groups in total. The smallest absolute Gasteiger partial charge is 0.311 e. The lowest BCUT2D eigenvalue weighted by molar-refractivity contribution is -0.147. The van der Waals surface area contributed by atoms with Crippen LogP contribution in [-0.4, -0.2) is 41.5 Å². The molecule has 1 amide bonds. The Morgan fingerprint density at radius 1 is 1.37 bits per heavy atom. The van der Waals surface area contributed by atoms with Crippen LogP contribution in [0.25, 0.3) is 0 Å². The van der Waals surface area contributed by atoms with Crippen LogP contribution in [0.3, 0.4) is 0 Å². The van der Waals surface area contributed by atoms with Gasteiger partial charge in [-0.25, -0.2) is 0 Å². The lowest BCUT2D eigenvalue weighted by Crippen LogP contribution is -2.37. The van der Waals surface area contributed by atoms with E-state index in [1.54, 1.807) is 11.8 Å². The van der Waals surface area contributed by atoms with Gasteiger partial charge in [0.2, 0.25) is 5.91 Å². The lowest BCUT2D eigenvalue weighted by atomic mass is 9.90. The number of carbonyl (C=O) groups excluding carboxylic acids is 1. The lowest BCUT2D eigenvalue weighted by Gasteiger charge is -2.20. The van der Waals surface area contributed by atoms with E-state index in [2.05, 4.69) is 5.32 Å². The number of nitrogens with zero attached hydrogens (tertiary/aromatic N) is 1. The van der Waals surface area contributed by atoms with Gasteiger partial charge in [0.25, 0.3) is 0 Å².